The van der Waals surface area contributed by atoms with Gasteiger partial charge in [0.25, 0.3) is 5.56 Å². The Hall–Kier alpha value is -3.73. The molecule has 1 atom stereocenters. The first kappa shape index (κ1) is 19.2. The van der Waals surface area contributed by atoms with Crippen LogP contribution in [0.2, 0.25) is 0 Å². The van der Waals surface area contributed by atoms with Crippen LogP contribution >= 0.6 is 0 Å². The van der Waals surface area contributed by atoms with Gasteiger partial charge in [0.2, 0.25) is 5.91 Å². The molecule has 3 aromatic carbocycles. The monoisotopic (exact) mass is 409 g/mol. The summed E-state index contributed by atoms with van der Waals surface area (Å²) in [7, 11) is 0. The molecule has 1 aliphatic rings. The van der Waals surface area contributed by atoms with E-state index in [2.05, 4.69) is 35.3 Å². The molecule has 2 heterocycles. The molecule has 31 heavy (non-hydrogen) atoms. The van der Waals surface area contributed by atoms with Crippen molar-refractivity contribution in [3.05, 3.63) is 112 Å². The third-order valence-electron chi connectivity index (χ3n) is 6.10. The van der Waals surface area contributed by atoms with Gasteiger partial charge in [-0.1, -0.05) is 66.7 Å². The molecule has 1 aromatic heterocycles. The lowest BCUT2D eigenvalue weighted by Crippen LogP contribution is -2.42. The van der Waals surface area contributed by atoms with Gasteiger partial charge in [-0.05, 0) is 35.7 Å². The molecule has 0 N–H and O–H groups in total. The third kappa shape index (κ3) is 3.52. The van der Waals surface area contributed by atoms with Crippen LogP contribution < -0.4 is 5.56 Å². The van der Waals surface area contributed by atoms with Crippen LogP contribution in [0.1, 0.15) is 28.4 Å². The maximum absolute atomic E-state index is 13.3. The Morgan fingerprint density at radius 1 is 0.968 bits per heavy atom. The van der Waals surface area contributed by atoms with Gasteiger partial charge in [0.15, 0.2) is 0 Å². The Morgan fingerprint density at radius 2 is 1.68 bits per heavy atom. The van der Waals surface area contributed by atoms with E-state index in [1.54, 1.807) is 13.0 Å². The molecule has 0 fully saturated rings. The first-order valence-electron chi connectivity index (χ1n) is 10.5. The first-order chi connectivity index (χ1) is 15.1. The number of amides is 1. The number of benzene rings is 3. The fraction of sp³-hybridized carbons (Fsp3) is 0.192. The lowest BCUT2D eigenvalue weighted by Gasteiger charge is -2.35. The number of fused-ring (bicyclic) bond motifs is 2. The van der Waals surface area contributed by atoms with Crippen molar-refractivity contribution >= 4 is 16.8 Å². The number of aromatic nitrogens is 2. The maximum atomic E-state index is 13.3. The SMILES string of the molecule is Cc1nc2ccccc2c(=O)n1CC(=O)N1Cc2ccccc2[C@H](c2ccccc2)C1. The summed E-state index contributed by atoms with van der Waals surface area (Å²) in [6.07, 6.45) is 0. The van der Waals surface area contributed by atoms with E-state index in [0.717, 1.165) is 5.56 Å². The lowest BCUT2D eigenvalue weighted by atomic mass is 9.84. The molecule has 5 heteroatoms. The molecule has 1 amide bonds. The molecule has 0 spiro atoms. The summed E-state index contributed by atoms with van der Waals surface area (Å²) in [6, 6.07) is 25.8. The van der Waals surface area contributed by atoms with E-state index in [9.17, 15) is 9.59 Å². The van der Waals surface area contributed by atoms with Crippen LogP contribution in [0.4, 0.5) is 0 Å². The largest absolute Gasteiger partial charge is 0.336 e. The van der Waals surface area contributed by atoms with Crippen LogP contribution in [0.3, 0.4) is 0 Å². The molecule has 0 aliphatic carbocycles. The molecule has 5 rings (SSSR count). The number of rotatable bonds is 3. The molecule has 0 unspecified atom stereocenters. The van der Waals surface area contributed by atoms with E-state index in [4.69, 9.17) is 0 Å². The summed E-state index contributed by atoms with van der Waals surface area (Å²) in [5, 5.41) is 0.534. The van der Waals surface area contributed by atoms with E-state index >= 15 is 0 Å². The van der Waals surface area contributed by atoms with Crippen molar-refractivity contribution in [2.24, 2.45) is 0 Å². The second kappa shape index (κ2) is 7.84. The molecule has 0 saturated heterocycles. The van der Waals surface area contributed by atoms with Gasteiger partial charge in [0, 0.05) is 19.0 Å². The van der Waals surface area contributed by atoms with E-state index in [0.29, 0.717) is 29.8 Å². The van der Waals surface area contributed by atoms with Crippen LogP contribution in [-0.2, 0) is 17.9 Å². The maximum Gasteiger partial charge on any atom is 0.261 e. The lowest BCUT2D eigenvalue weighted by molar-refractivity contribution is -0.133. The standard InChI is InChI=1S/C26H23N3O2/c1-18-27-24-14-8-7-13-22(24)26(31)29(18)17-25(30)28-15-20-11-5-6-12-21(20)23(16-28)19-9-3-2-4-10-19/h2-14,23H,15-17H2,1H3/t23-/m0/s1. The van der Waals surface area contributed by atoms with Crippen LogP contribution in [-0.4, -0.2) is 26.9 Å². The number of hydrogen-bond acceptors (Lipinski definition) is 3. The molecular weight excluding hydrogens is 386 g/mol. The average Bonchev–Trinajstić information content (AvgIpc) is 2.81. The van der Waals surface area contributed by atoms with Crippen LogP contribution in [0, 0.1) is 6.92 Å². The predicted molar refractivity (Wildman–Crippen MR) is 121 cm³/mol. The molecule has 1 aliphatic heterocycles. The number of carbonyl (C=O) groups excluding carboxylic acids is 1. The minimum atomic E-state index is -0.173. The smallest absolute Gasteiger partial charge is 0.261 e. The highest BCUT2D eigenvalue weighted by molar-refractivity contribution is 5.79. The Morgan fingerprint density at radius 3 is 2.52 bits per heavy atom. The van der Waals surface area contributed by atoms with Gasteiger partial charge >= 0.3 is 0 Å². The quantitative estimate of drug-likeness (QED) is 0.516. The average molecular weight is 409 g/mol. The van der Waals surface area contributed by atoms with Crippen molar-refractivity contribution in [1.82, 2.24) is 14.5 Å². The second-order valence-corrected chi connectivity index (χ2v) is 8.00. The summed E-state index contributed by atoms with van der Waals surface area (Å²) >= 11 is 0. The molecule has 4 aromatic rings. The van der Waals surface area contributed by atoms with Crippen molar-refractivity contribution in [2.45, 2.75) is 25.9 Å². The molecule has 0 saturated carbocycles. The number of aryl methyl sites for hydroxylation is 1. The van der Waals surface area contributed by atoms with Crippen LogP contribution in [0.15, 0.2) is 83.7 Å². The van der Waals surface area contributed by atoms with Gasteiger partial charge in [0.05, 0.1) is 10.9 Å². The Labute approximate surface area is 180 Å². The number of hydrogen-bond donors (Lipinski definition) is 0. The minimum Gasteiger partial charge on any atom is -0.336 e. The highest BCUT2D eigenvalue weighted by Crippen LogP contribution is 2.33. The number of para-hydroxylation sites is 1. The van der Waals surface area contributed by atoms with Crippen molar-refractivity contribution < 1.29 is 4.79 Å². The van der Waals surface area contributed by atoms with E-state index < -0.39 is 0 Å². The first-order valence-corrected chi connectivity index (χ1v) is 10.5. The number of carbonyl (C=O) groups is 1. The minimum absolute atomic E-state index is 0.00776. The zero-order chi connectivity index (χ0) is 21.4. The van der Waals surface area contributed by atoms with E-state index in [1.165, 1.54) is 15.7 Å². The third-order valence-corrected chi connectivity index (χ3v) is 6.10. The van der Waals surface area contributed by atoms with Gasteiger partial charge in [-0.3, -0.25) is 14.2 Å². The fourth-order valence-electron chi connectivity index (χ4n) is 4.47. The summed E-state index contributed by atoms with van der Waals surface area (Å²) < 4.78 is 1.49. The molecular formula is C26H23N3O2. The highest BCUT2D eigenvalue weighted by Gasteiger charge is 2.29. The summed E-state index contributed by atoms with van der Waals surface area (Å²) in [5.74, 6) is 0.592. The Balaban J connectivity index is 1.48. The van der Waals surface area contributed by atoms with Crippen molar-refractivity contribution in [2.75, 3.05) is 6.54 Å². The molecule has 0 bridgehead atoms. The molecule has 154 valence electrons. The van der Waals surface area contributed by atoms with Gasteiger partial charge in [-0.2, -0.15) is 0 Å². The fourth-order valence-corrected chi connectivity index (χ4v) is 4.47. The number of nitrogens with zero attached hydrogens (tertiary/aromatic N) is 3. The zero-order valence-corrected chi connectivity index (χ0v) is 17.4. The van der Waals surface area contributed by atoms with E-state index in [-0.39, 0.29) is 23.9 Å². The van der Waals surface area contributed by atoms with Gasteiger partial charge < -0.3 is 4.90 Å². The Kier molecular flexibility index (Phi) is 4.86. The summed E-state index contributed by atoms with van der Waals surface area (Å²) in [6.45, 7) is 2.91. The second-order valence-electron chi connectivity index (χ2n) is 8.00. The van der Waals surface area contributed by atoms with Crippen LogP contribution in [0.25, 0.3) is 10.9 Å². The van der Waals surface area contributed by atoms with Crippen molar-refractivity contribution in [3.8, 4) is 0 Å². The van der Waals surface area contributed by atoms with Crippen molar-refractivity contribution in [1.29, 1.82) is 0 Å². The zero-order valence-electron chi connectivity index (χ0n) is 17.4. The van der Waals surface area contributed by atoms with E-state index in [1.807, 2.05) is 47.4 Å². The van der Waals surface area contributed by atoms with Gasteiger partial charge in [-0.25, -0.2) is 4.98 Å². The Bertz CT molecular complexity index is 1330. The summed E-state index contributed by atoms with van der Waals surface area (Å²) in [5.41, 5.74) is 4.08. The van der Waals surface area contributed by atoms with Crippen LogP contribution in [0.5, 0.6) is 0 Å². The topological polar surface area (TPSA) is 55.2 Å². The van der Waals surface area contributed by atoms with Crippen molar-refractivity contribution in [3.63, 3.8) is 0 Å². The molecule has 5 nitrogen and oxygen atoms in total. The normalized spacial score (nSPS) is 15.6. The van der Waals surface area contributed by atoms with Gasteiger partial charge in [-0.15, -0.1) is 0 Å². The highest BCUT2D eigenvalue weighted by atomic mass is 16.2. The summed E-state index contributed by atoms with van der Waals surface area (Å²) in [4.78, 5) is 32.7. The molecule has 0 radical (unpaired) electrons. The predicted octanol–water partition coefficient (Wildman–Crippen LogP) is 3.88. The van der Waals surface area contributed by atoms with Gasteiger partial charge in [0.1, 0.15) is 12.4 Å².